The van der Waals surface area contributed by atoms with Crippen molar-refractivity contribution in [2.45, 2.75) is 32.7 Å². The molecule has 0 spiro atoms. The van der Waals surface area contributed by atoms with Crippen molar-refractivity contribution in [3.8, 4) is 22.9 Å². The first-order chi connectivity index (χ1) is 16.1. The van der Waals surface area contributed by atoms with Gasteiger partial charge in [-0.2, -0.15) is 0 Å². The third-order valence-electron chi connectivity index (χ3n) is 5.57. The van der Waals surface area contributed by atoms with Crippen LogP contribution in [0.15, 0.2) is 71.5 Å². The first-order valence-electron chi connectivity index (χ1n) is 11.1. The number of para-hydroxylation sites is 1. The second-order valence-electron chi connectivity index (χ2n) is 7.98. The molecule has 1 aromatic heterocycles. The molecule has 4 rings (SSSR count). The molecule has 0 aliphatic rings. The van der Waals surface area contributed by atoms with Gasteiger partial charge in [0.15, 0.2) is 11.5 Å². The van der Waals surface area contributed by atoms with Gasteiger partial charge in [0.2, 0.25) is 0 Å². The quantitative estimate of drug-likeness (QED) is 0.274. The summed E-state index contributed by atoms with van der Waals surface area (Å²) in [5, 5.41) is 1.28. The Morgan fingerprint density at radius 1 is 0.939 bits per heavy atom. The van der Waals surface area contributed by atoms with Crippen molar-refractivity contribution in [3.05, 3.63) is 87.7 Å². The highest BCUT2D eigenvalue weighted by Crippen LogP contribution is 2.28. The van der Waals surface area contributed by atoms with E-state index in [2.05, 4.69) is 0 Å². The fourth-order valence-electron chi connectivity index (χ4n) is 3.82. The summed E-state index contributed by atoms with van der Waals surface area (Å²) in [7, 11) is 1.65. The minimum atomic E-state index is -0.0220. The molecule has 5 nitrogen and oxygen atoms in total. The Labute approximate surface area is 198 Å². The molecule has 0 aliphatic heterocycles. The highest BCUT2D eigenvalue weighted by atomic mass is 35.5. The number of hydrogen-bond donors (Lipinski definition) is 0. The van der Waals surface area contributed by atoms with Crippen LogP contribution >= 0.6 is 11.6 Å². The minimum Gasteiger partial charge on any atom is -0.493 e. The molecule has 0 amide bonds. The number of halogens is 1. The first-order valence-corrected chi connectivity index (χ1v) is 11.5. The Balaban J connectivity index is 1.45. The van der Waals surface area contributed by atoms with Gasteiger partial charge in [0.25, 0.3) is 5.56 Å². The molecular formula is C27H27ClN2O3. The van der Waals surface area contributed by atoms with Gasteiger partial charge in [0.1, 0.15) is 5.82 Å². The van der Waals surface area contributed by atoms with Gasteiger partial charge >= 0.3 is 0 Å². The third kappa shape index (κ3) is 5.37. The van der Waals surface area contributed by atoms with Gasteiger partial charge in [0, 0.05) is 17.1 Å². The summed E-state index contributed by atoms with van der Waals surface area (Å²) in [5.74, 6) is 2.16. The number of fused-ring (bicyclic) bond motifs is 1. The van der Waals surface area contributed by atoms with Crippen LogP contribution in [-0.2, 0) is 6.54 Å². The maximum Gasteiger partial charge on any atom is 0.261 e. The molecular weight excluding hydrogens is 436 g/mol. The smallest absolute Gasteiger partial charge is 0.261 e. The van der Waals surface area contributed by atoms with Crippen molar-refractivity contribution < 1.29 is 9.47 Å². The van der Waals surface area contributed by atoms with Gasteiger partial charge in [-0.3, -0.25) is 9.36 Å². The second kappa shape index (κ2) is 10.5. The molecule has 6 heteroatoms. The molecule has 4 aromatic rings. The van der Waals surface area contributed by atoms with Gasteiger partial charge in [-0.05, 0) is 80.3 Å². The normalized spacial score (nSPS) is 11.0. The van der Waals surface area contributed by atoms with Crippen LogP contribution < -0.4 is 15.0 Å². The minimum absolute atomic E-state index is 0.0220. The Bertz CT molecular complexity index is 1300. The van der Waals surface area contributed by atoms with Crippen LogP contribution in [0.4, 0.5) is 0 Å². The van der Waals surface area contributed by atoms with Crippen molar-refractivity contribution in [2.24, 2.45) is 0 Å². The molecule has 3 aromatic carbocycles. The van der Waals surface area contributed by atoms with Crippen LogP contribution in [-0.4, -0.2) is 23.3 Å². The Kier molecular flexibility index (Phi) is 7.30. The Hall–Kier alpha value is -3.31. The highest BCUT2D eigenvalue weighted by Gasteiger charge is 2.12. The molecule has 0 aliphatic carbocycles. The SMILES string of the molecule is COc1cc(C)ccc1OCCCCCn1c(-c2ccc(Cl)cc2)nc2ccccc2c1=O. The predicted molar refractivity (Wildman–Crippen MR) is 134 cm³/mol. The van der Waals surface area contributed by atoms with Crippen molar-refractivity contribution in [3.63, 3.8) is 0 Å². The number of aryl methyl sites for hydroxylation is 1. The predicted octanol–water partition coefficient (Wildman–Crippen LogP) is 6.28. The van der Waals surface area contributed by atoms with Crippen LogP contribution in [0, 0.1) is 6.92 Å². The molecule has 33 heavy (non-hydrogen) atoms. The lowest BCUT2D eigenvalue weighted by Crippen LogP contribution is -2.23. The third-order valence-corrected chi connectivity index (χ3v) is 5.82. The number of methoxy groups -OCH3 is 1. The molecule has 0 radical (unpaired) electrons. The molecule has 0 atom stereocenters. The largest absolute Gasteiger partial charge is 0.493 e. The van der Waals surface area contributed by atoms with Gasteiger partial charge < -0.3 is 9.47 Å². The molecule has 0 unspecified atom stereocenters. The standard InChI is InChI=1S/C27H27ClN2O3/c1-19-10-15-24(25(18-19)32-2)33-17-7-3-6-16-30-26(20-11-13-21(28)14-12-20)29-23-9-5-4-8-22(23)27(30)31/h4-5,8-15,18H,3,6-7,16-17H2,1-2H3. The monoisotopic (exact) mass is 462 g/mol. The lowest BCUT2D eigenvalue weighted by atomic mass is 10.1. The summed E-state index contributed by atoms with van der Waals surface area (Å²) >= 11 is 6.06. The van der Waals surface area contributed by atoms with E-state index in [0.29, 0.717) is 34.9 Å². The van der Waals surface area contributed by atoms with E-state index in [1.54, 1.807) is 11.7 Å². The number of aromatic nitrogens is 2. The van der Waals surface area contributed by atoms with Crippen LogP contribution in [0.3, 0.4) is 0 Å². The number of benzene rings is 3. The molecule has 0 bridgehead atoms. The van der Waals surface area contributed by atoms with Gasteiger partial charge in [0.05, 0.1) is 24.6 Å². The highest BCUT2D eigenvalue weighted by molar-refractivity contribution is 6.30. The molecule has 170 valence electrons. The zero-order valence-electron chi connectivity index (χ0n) is 18.9. The Morgan fingerprint density at radius 3 is 2.52 bits per heavy atom. The average molecular weight is 463 g/mol. The summed E-state index contributed by atoms with van der Waals surface area (Å²) in [6.07, 6.45) is 2.64. The molecule has 1 heterocycles. The zero-order valence-corrected chi connectivity index (χ0v) is 19.6. The second-order valence-corrected chi connectivity index (χ2v) is 8.42. The van der Waals surface area contributed by atoms with Crippen molar-refractivity contribution in [1.29, 1.82) is 0 Å². The summed E-state index contributed by atoms with van der Waals surface area (Å²) in [5.41, 5.74) is 2.68. The number of nitrogens with zero attached hydrogens (tertiary/aromatic N) is 2. The molecule has 0 saturated heterocycles. The number of rotatable bonds is 9. The van der Waals surface area contributed by atoms with E-state index < -0.39 is 0 Å². The summed E-state index contributed by atoms with van der Waals surface area (Å²) in [4.78, 5) is 18.0. The zero-order chi connectivity index (χ0) is 23.2. The van der Waals surface area contributed by atoms with Gasteiger partial charge in [-0.25, -0.2) is 4.98 Å². The van der Waals surface area contributed by atoms with Crippen molar-refractivity contribution in [2.75, 3.05) is 13.7 Å². The fourth-order valence-corrected chi connectivity index (χ4v) is 3.95. The first kappa shape index (κ1) is 22.9. The summed E-state index contributed by atoms with van der Waals surface area (Å²) in [6.45, 7) is 3.20. The maximum absolute atomic E-state index is 13.3. The average Bonchev–Trinajstić information content (AvgIpc) is 2.83. The molecule has 0 N–H and O–H groups in total. The Morgan fingerprint density at radius 2 is 1.73 bits per heavy atom. The van der Waals surface area contributed by atoms with Crippen LogP contribution in [0.1, 0.15) is 24.8 Å². The van der Waals surface area contributed by atoms with E-state index >= 15 is 0 Å². The van der Waals surface area contributed by atoms with E-state index in [-0.39, 0.29) is 5.56 Å². The van der Waals surface area contributed by atoms with Crippen LogP contribution in [0.5, 0.6) is 11.5 Å². The summed E-state index contributed by atoms with van der Waals surface area (Å²) in [6, 6.07) is 20.8. The fraction of sp³-hybridized carbons (Fsp3) is 0.259. The maximum atomic E-state index is 13.3. The lowest BCUT2D eigenvalue weighted by molar-refractivity contribution is 0.284. The van der Waals surface area contributed by atoms with E-state index in [0.717, 1.165) is 41.9 Å². The van der Waals surface area contributed by atoms with E-state index in [1.807, 2.05) is 73.7 Å². The molecule has 0 saturated carbocycles. The van der Waals surface area contributed by atoms with Crippen LogP contribution in [0.2, 0.25) is 5.02 Å². The van der Waals surface area contributed by atoms with E-state index in [1.165, 1.54) is 0 Å². The van der Waals surface area contributed by atoms with Crippen molar-refractivity contribution >= 4 is 22.5 Å². The number of hydrogen-bond acceptors (Lipinski definition) is 4. The van der Waals surface area contributed by atoms with E-state index in [9.17, 15) is 4.79 Å². The van der Waals surface area contributed by atoms with Crippen LogP contribution in [0.25, 0.3) is 22.3 Å². The van der Waals surface area contributed by atoms with Gasteiger partial charge in [-0.15, -0.1) is 0 Å². The lowest BCUT2D eigenvalue weighted by Gasteiger charge is -2.14. The summed E-state index contributed by atoms with van der Waals surface area (Å²) < 4.78 is 13.1. The number of unbranched alkanes of at least 4 members (excludes halogenated alkanes) is 2. The molecule has 0 fully saturated rings. The topological polar surface area (TPSA) is 53.4 Å². The van der Waals surface area contributed by atoms with E-state index in [4.69, 9.17) is 26.1 Å². The van der Waals surface area contributed by atoms with Crippen molar-refractivity contribution in [1.82, 2.24) is 9.55 Å². The van der Waals surface area contributed by atoms with Gasteiger partial charge in [-0.1, -0.05) is 29.8 Å². The number of ether oxygens (including phenoxy) is 2.